The number of nitrogens with two attached hydrogens (primary N) is 1. The fraction of sp³-hybridized carbons (Fsp3) is 0.588. The second-order valence-corrected chi connectivity index (χ2v) is 6.72. The van der Waals surface area contributed by atoms with E-state index in [1.54, 1.807) is 0 Å². The van der Waals surface area contributed by atoms with Crippen LogP contribution in [0.5, 0.6) is 0 Å². The number of amides is 1. The summed E-state index contributed by atoms with van der Waals surface area (Å²) in [4.78, 5) is 11.8. The quantitative estimate of drug-likeness (QED) is 0.875. The summed E-state index contributed by atoms with van der Waals surface area (Å²) in [6.45, 7) is 6.59. The molecule has 3 N–H and O–H groups in total. The van der Waals surface area contributed by atoms with Crippen molar-refractivity contribution in [3.8, 4) is 0 Å². The van der Waals surface area contributed by atoms with Crippen LogP contribution in [0.4, 0.5) is 4.79 Å². The van der Waals surface area contributed by atoms with E-state index in [2.05, 4.69) is 23.5 Å². The Balaban J connectivity index is 1.99. The van der Waals surface area contributed by atoms with Gasteiger partial charge < -0.3 is 15.8 Å². The first-order chi connectivity index (χ1) is 9.90. The third-order valence-electron chi connectivity index (χ3n) is 3.63. The number of carbonyl (C=O) groups is 1. The zero-order valence-corrected chi connectivity index (χ0v) is 13.2. The molecule has 0 heterocycles. The SMILES string of the molecule is CC(C)(C)OC(=O)NCC(CN)c1ccccc1C1CC1. The number of ether oxygens (including phenoxy) is 1. The average molecular weight is 290 g/mol. The molecule has 1 aromatic carbocycles. The molecule has 1 atom stereocenters. The van der Waals surface area contributed by atoms with Crippen molar-refractivity contribution in [3.63, 3.8) is 0 Å². The largest absolute Gasteiger partial charge is 0.444 e. The summed E-state index contributed by atoms with van der Waals surface area (Å²) >= 11 is 0. The van der Waals surface area contributed by atoms with Crippen molar-refractivity contribution in [2.75, 3.05) is 13.1 Å². The Morgan fingerprint density at radius 2 is 2.05 bits per heavy atom. The molecule has 1 saturated carbocycles. The highest BCUT2D eigenvalue weighted by atomic mass is 16.6. The first kappa shape index (κ1) is 15.8. The smallest absolute Gasteiger partial charge is 0.407 e. The highest BCUT2D eigenvalue weighted by molar-refractivity contribution is 5.67. The summed E-state index contributed by atoms with van der Waals surface area (Å²) in [7, 11) is 0. The van der Waals surface area contributed by atoms with Crippen LogP contribution >= 0.6 is 0 Å². The van der Waals surface area contributed by atoms with Gasteiger partial charge in [-0.25, -0.2) is 4.79 Å². The van der Waals surface area contributed by atoms with Gasteiger partial charge in [0.25, 0.3) is 0 Å². The number of hydrogen-bond donors (Lipinski definition) is 2. The van der Waals surface area contributed by atoms with Gasteiger partial charge in [0.1, 0.15) is 5.60 Å². The summed E-state index contributed by atoms with van der Waals surface area (Å²) in [6, 6.07) is 8.43. The zero-order valence-electron chi connectivity index (χ0n) is 13.2. The first-order valence-corrected chi connectivity index (χ1v) is 7.66. The second-order valence-electron chi connectivity index (χ2n) is 6.72. The van der Waals surface area contributed by atoms with E-state index in [1.807, 2.05) is 26.8 Å². The van der Waals surface area contributed by atoms with Crippen LogP contribution in [0.25, 0.3) is 0 Å². The van der Waals surface area contributed by atoms with E-state index in [9.17, 15) is 4.79 Å². The molecule has 1 aliphatic rings. The molecule has 1 aromatic rings. The van der Waals surface area contributed by atoms with Crippen LogP contribution < -0.4 is 11.1 Å². The predicted molar refractivity (Wildman–Crippen MR) is 84.4 cm³/mol. The standard InChI is InChI=1S/C17H26N2O2/c1-17(2,3)21-16(20)19-11-13(10-18)15-7-5-4-6-14(15)12-8-9-12/h4-7,12-13H,8-11,18H2,1-3H3,(H,19,20). The van der Waals surface area contributed by atoms with E-state index in [0.29, 0.717) is 19.0 Å². The van der Waals surface area contributed by atoms with Crippen LogP contribution in [0.1, 0.15) is 56.6 Å². The Hall–Kier alpha value is -1.55. The van der Waals surface area contributed by atoms with E-state index >= 15 is 0 Å². The van der Waals surface area contributed by atoms with Crippen molar-refractivity contribution in [2.45, 2.75) is 51.0 Å². The van der Waals surface area contributed by atoms with Gasteiger partial charge in [-0.2, -0.15) is 0 Å². The number of hydrogen-bond acceptors (Lipinski definition) is 3. The third kappa shape index (κ3) is 4.74. The molecule has 1 unspecified atom stereocenters. The molecule has 2 rings (SSSR count). The van der Waals surface area contributed by atoms with Gasteiger partial charge in [-0.3, -0.25) is 0 Å². The number of nitrogens with one attached hydrogen (secondary N) is 1. The van der Waals surface area contributed by atoms with Gasteiger partial charge in [-0.1, -0.05) is 24.3 Å². The van der Waals surface area contributed by atoms with Gasteiger partial charge in [0.15, 0.2) is 0 Å². The van der Waals surface area contributed by atoms with E-state index in [0.717, 1.165) is 0 Å². The van der Waals surface area contributed by atoms with Crippen molar-refractivity contribution >= 4 is 6.09 Å². The summed E-state index contributed by atoms with van der Waals surface area (Å²) in [5.41, 5.74) is 8.09. The molecule has 0 radical (unpaired) electrons. The minimum atomic E-state index is -0.478. The Morgan fingerprint density at radius 1 is 1.38 bits per heavy atom. The highest BCUT2D eigenvalue weighted by Gasteiger charge is 2.28. The zero-order chi connectivity index (χ0) is 15.5. The fourth-order valence-corrected chi connectivity index (χ4v) is 2.49. The van der Waals surface area contributed by atoms with Crippen molar-refractivity contribution in [2.24, 2.45) is 5.73 Å². The lowest BCUT2D eigenvalue weighted by Crippen LogP contribution is -2.36. The molecule has 0 bridgehead atoms. The van der Waals surface area contributed by atoms with Gasteiger partial charge in [-0.15, -0.1) is 0 Å². The van der Waals surface area contributed by atoms with Gasteiger partial charge in [0, 0.05) is 19.0 Å². The Bertz CT molecular complexity index is 490. The molecule has 1 fully saturated rings. The van der Waals surface area contributed by atoms with E-state index in [-0.39, 0.29) is 12.0 Å². The maximum Gasteiger partial charge on any atom is 0.407 e. The Morgan fingerprint density at radius 3 is 2.62 bits per heavy atom. The van der Waals surface area contributed by atoms with E-state index < -0.39 is 5.60 Å². The van der Waals surface area contributed by atoms with E-state index in [1.165, 1.54) is 24.0 Å². The van der Waals surface area contributed by atoms with Crippen LogP contribution in [0.15, 0.2) is 24.3 Å². The molecule has 116 valence electrons. The maximum atomic E-state index is 11.8. The van der Waals surface area contributed by atoms with Gasteiger partial charge in [-0.05, 0) is 50.7 Å². The molecule has 0 aliphatic heterocycles. The van der Waals surface area contributed by atoms with Crippen LogP contribution in [-0.2, 0) is 4.74 Å². The minimum Gasteiger partial charge on any atom is -0.444 e. The van der Waals surface area contributed by atoms with Gasteiger partial charge >= 0.3 is 6.09 Å². The topological polar surface area (TPSA) is 64.3 Å². The summed E-state index contributed by atoms with van der Waals surface area (Å²) < 4.78 is 5.27. The molecular formula is C17H26N2O2. The molecule has 0 spiro atoms. The Labute approximate surface area is 127 Å². The van der Waals surface area contributed by atoms with Gasteiger partial charge in [0.2, 0.25) is 0 Å². The number of rotatable bonds is 5. The lowest BCUT2D eigenvalue weighted by Gasteiger charge is -2.22. The maximum absolute atomic E-state index is 11.8. The molecule has 21 heavy (non-hydrogen) atoms. The monoisotopic (exact) mass is 290 g/mol. The van der Waals surface area contributed by atoms with Crippen molar-refractivity contribution < 1.29 is 9.53 Å². The number of alkyl carbamates (subject to hydrolysis) is 1. The second kappa shape index (κ2) is 6.48. The normalized spacial score (nSPS) is 16.4. The van der Waals surface area contributed by atoms with E-state index in [4.69, 9.17) is 10.5 Å². The molecule has 1 amide bonds. The lowest BCUT2D eigenvalue weighted by molar-refractivity contribution is 0.0525. The average Bonchev–Trinajstić information content (AvgIpc) is 3.22. The first-order valence-electron chi connectivity index (χ1n) is 7.66. The molecule has 0 aromatic heterocycles. The molecule has 0 saturated heterocycles. The summed E-state index contributed by atoms with van der Waals surface area (Å²) in [5.74, 6) is 0.811. The molecule has 1 aliphatic carbocycles. The number of carbonyl (C=O) groups excluding carboxylic acids is 1. The predicted octanol–water partition coefficient (Wildman–Crippen LogP) is 3.13. The van der Waals surface area contributed by atoms with Crippen LogP contribution in [-0.4, -0.2) is 24.8 Å². The minimum absolute atomic E-state index is 0.134. The fourth-order valence-electron chi connectivity index (χ4n) is 2.49. The lowest BCUT2D eigenvalue weighted by atomic mass is 9.92. The van der Waals surface area contributed by atoms with Crippen molar-refractivity contribution in [1.82, 2.24) is 5.32 Å². The number of benzene rings is 1. The molecular weight excluding hydrogens is 264 g/mol. The third-order valence-corrected chi connectivity index (χ3v) is 3.63. The van der Waals surface area contributed by atoms with Gasteiger partial charge in [0.05, 0.1) is 0 Å². The highest BCUT2D eigenvalue weighted by Crippen LogP contribution is 2.43. The Kier molecular flexibility index (Phi) is 4.88. The van der Waals surface area contributed by atoms with Crippen molar-refractivity contribution in [3.05, 3.63) is 35.4 Å². The van der Waals surface area contributed by atoms with Crippen LogP contribution in [0.3, 0.4) is 0 Å². The van der Waals surface area contributed by atoms with Crippen LogP contribution in [0, 0.1) is 0 Å². The summed E-state index contributed by atoms with van der Waals surface area (Å²) in [5, 5.41) is 2.83. The van der Waals surface area contributed by atoms with Crippen LogP contribution in [0.2, 0.25) is 0 Å². The molecule has 4 nitrogen and oxygen atoms in total. The van der Waals surface area contributed by atoms with Crippen molar-refractivity contribution in [1.29, 1.82) is 0 Å². The molecule has 4 heteroatoms. The summed E-state index contributed by atoms with van der Waals surface area (Å²) in [6.07, 6.45) is 2.13.